The van der Waals surface area contributed by atoms with Gasteiger partial charge in [-0.15, -0.1) is 0 Å². The SMILES string of the molecule is CCCC(NCC(C)(O)CC)c1ccc(Cl)cc1. The summed E-state index contributed by atoms with van der Waals surface area (Å²) >= 11 is 5.91. The number of benzene rings is 1. The molecule has 2 atom stereocenters. The van der Waals surface area contributed by atoms with Gasteiger partial charge >= 0.3 is 0 Å². The van der Waals surface area contributed by atoms with Gasteiger partial charge in [0.2, 0.25) is 0 Å². The molecule has 0 saturated heterocycles. The molecule has 0 amide bonds. The summed E-state index contributed by atoms with van der Waals surface area (Å²) in [4.78, 5) is 0. The van der Waals surface area contributed by atoms with E-state index in [-0.39, 0.29) is 6.04 Å². The van der Waals surface area contributed by atoms with E-state index in [0.717, 1.165) is 24.3 Å². The molecule has 0 bridgehead atoms. The number of nitrogens with one attached hydrogen (secondary N) is 1. The second kappa shape index (κ2) is 7.13. The number of aliphatic hydroxyl groups is 1. The third kappa shape index (κ3) is 4.97. The van der Waals surface area contributed by atoms with Crippen molar-refractivity contribution in [2.24, 2.45) is 0 Å². The first-order chi connectivity index (χ1) is 8.48. The zero-order valence-corrected chi connectivity index (χ0v) is 12.3. The smallest absolute Gasteiger partial charge is 0.0741 e. The van der Waals surface area contributed by atoms with Crippen LogP contribution in [0.1, 0.15) is 51.6 Å². The van der Waals surface area contributed by atoms with Crippen molar-refractivity contribution in [1.29, 1.82) is 0 Å². The van der Waals surface area contributed by atoms with Crippen LogP contribution in [0.2, 0.25) is 5.02 Å². The molecule has 1 aromatic carbocycles. The van der Waals surface area contributed by atoms with Crippen LogP contribution in [0.4, 0.5) is 0 Å². The summed E-state index contributed by atoms with van der Waals surface area (Å²) in [6.45, 7) is 6.64. The minimum absolute atomic E-state index is 0.283. The summed E-state index contributed by atoms with van der Waals surface area (Å²) in [6.07, 6.45) is 2.91. The van der Waals surface area contributed by atoms with E-state index in [1.54, 1.807) is 0 Å². The number of hydrogen-bond donors (Lipinski definition) is 2. The maximum Gasteiger partial charge on any atom is 0.0741 e. The van der Waals surface area contributed by atoms with Crippen molar-refractivity contribution in [3.05, 3.63) is 34.9 Å². The lowest BCUT2D eigenvalue weighted by atomic mass is 9.99. The van der Waals surface area contributed by atoms with Gasteiger partial charge in [0.1, 0.15) is 0 Å². The van der Waals surface area contributed by atoms with Crippen molar-refractivity contribution in [3.8, 4) is 0 Å². The molecule has 2 N–H and O–H groups in total. The molecule has 102 valence electrons. The molecule has 3 heteroatoms. The van der Waals surface area contributed by atoms with Gasteiger partial charge in [-0.3, -0.25) is 0 Å². The fraction of sp³-hybridized carbons (Fsp3) is 0.600. The lowest BCUT2D eigenvalue weighted by molar-refractivity contribution is 0.0524. The van der Waals surface area contributed by atoms with E-state index >= 15 is 0 Å². The Labute approximate surface area is 115 Å². The average Bonchev–Trinajstić information content (AvgIpc) is 2.36. The topological polar surface area (TPSA) is 32.3 Å². The van der Waals surface area contributed by atoms with E-state index in [2.05, 4.69) is 24.4 Å². The molecule has 1 rings (SSSR count). The molecule has 1 aromatic rings. The van der Waals surface area contributed by atoms with E-state index in [1.807, 2.05) is 26.0 Å². The van der Waals surface area contributed by atoms with Gasteiger partial charge < -0.3 is 10.4 Å². The summed E-state index contributed by atoms with van der Waals surface area (Å²) in [6, 6.07) is 8.22. The van der Waals surface area contributed by atoms with Crippen molar-refractivity contribution in [2.75, 3.05) is 6.54 Å². The molecule has 2 nitrogen and oxygen atoms in total. The molecule has 0 aliphatic heterocycles. The van der Waals surface area contributed by atoms with E-state index in [1.165, 1.54) is 5.56 Å². The van der Waals surface area contributed by atoms with Crippen LogP contribution in [0.3, 0.4) is 0 Å². The summed E-state index contributed by atoms with van der Waals surface area (Å²) < 4.78 is 0. The molecule has 0 radical (unpaired) electrons. The Morgan fingerprint density at radius 1 is 1.28 bits per heavy atom. The molecule has 0 saturated carbocycles. The standard InChI is InChI=1S/C15H24ClNO/c1-4-6-14(17-11-15(3,18)5-2)12-7-9-13(16)10-8-12/h7-10,14,17-18H,4-6,11H2,1-3H3. The highest BCUT2D eigenvalue weighted by Crippen LogP contribution is 2.21. The molecule has 18 heavy (non-hydrogen) atoms. The van der Waals surface area contributed by atoms with E-state index < -0.39 is 5.60 Å². The van der Waals surface area contributed by atoms with Crippen LogP contribution in [-0.2, 0) is 0 Å². The van der Waals surface area contributed by atoms with Crippen molar-refractivity contribution < 1.29 is 5.11 Å². The van der Waals surface area contributed by atoms with Gasteiger partial charge in [-0.05, 0) is 37.5 Å². The van der Waals surface area contributed by atoms with Crippen LogP contribution in [0.25, 0.3) is 0 Å². The van der Waals surface area contributed by atoms with Crippen LogP contribution >= 0.6 is 11.6 Å². The predicted octanol–water partition coefficient (Wildman–Crippen LogP) is 3.93. The van der Waals surface area contributed by atoms with Gasteiger partial charge in [-0.25, -0.2) is 0 Å². The molecular weight excluding hydrogens is 246 g/mol. The zero-order chi connectivity index (χ0) is 13.6. The first-order valence-corrected chi connectivity index (χ1v) is 7.07. The Bertz CT molecular complexity index is 348. The van der Waals surface area contributed by atoms with Crippen LogP contribution in [0.5, 0.6) is 0 Å². The Hall–Kier alpha value is -0.570. The molecule has 2 unspecified atom stereocenters. The van der Waals surface area contributed by atoms with Gasteiger partial charge in [0, 0.05) is 17.6 Å². The molecule has 0 aliphatic rings. The van der Waals surface area contributed by atoms with Gasteiger partial charge in [0.15, 0.2) is 0 Å². The van der Waals surface area contributed by atoms with E-state index in [0.29, 0.717) is 6.54 Å². The molecular formula is C15H24ClNO. The highest BCUT2D eigenvalue weighted by Gasteiger charge is 2.19. The van der Waals surface area contributed by atoms with E-state index in [9.17, 15) is 5.11 Å². The quantitative estimate of drug-likeness (QED) is 0.786. The lowest BCUT2D eigenvalue weighted by Crippen LogP contribution is -2.38. The predicted molar refractivity (Wildman–Crippen MR) is 78.0 cm³/mol. The maximum absolute atomic E-state index is 10.0. The number of halogens is 1. The van der Waals surface area contributed by atoms with Crippen LogP contribution in [0.15, 0.2) is 24.3 Å². The minimum Gasteiger partial charge on any atom is -0.389 e. The third-order valence-electron chi connectivity index (χ3n) is 3.34. The van der Waals surface area contributed by atoms with E-state index in [4.69, 9.17) is 11.6 Å². The minimum atomic E-state index is -0.640. The highest BCUT2D eigenvalue weighted by atomic mass is 35.5. The van der Waals surface area contributed by atoms with Crippen LogP contribution in [0, 0.1) is 0 Å². The first-order valence-electron chi connectivity index (χ1n) is 6.69. The number of hydrogen-bond acceptors (Lipinski definition) is 2. The highest BCUT2D eigenvalue weighted by molar-refractivity contribution is 6.30. The van der Waals surface area contributed by atoms with Crippen LogP contribution in [-0.4, -0.2) is 17.3 Å². The van der Waals surface area contributed by atoms with Gasteiger partial charge in [-0.2, -0.15) is 0 Å². The van der Waals surface area contributed by atoms with Gasteiger partial charge in [0.05, 0.1) is 5.60 Å². The van der Waals surface area contributed by atoms with Crippen molar-refractivity contribution in [2.45, 2.75) is 51.7 Å². The Kier molecular flexibility index (Phi) is 6.13. The van der Waals surface area contributed by atoms with Crippen molar-refractivity contribution in [3.63, 3.8) is 0 Å². The normalized spacial score (nSPS) is 16.3. The van der Waals surface area contributed by atoms with Gasteiger partial charge in [0.25, 0.3) is 0 Å². The van der Waals surface area contributed by atoms with Crippen molar-refractivity contribution >= 4 is 11.6 Å². The largest absolute Gasteiger partial charge is 0.389 e. The zero-order valence-electron chi connectivity index (χ0n) is 11.5. The summed E-state index contributed by atoms with van der Waals surface area (Å²) in [5, 5.41) is 14.3. The summed E-state index contributed by atoms with van der Waals surface area (Å²) in [5.74, 6) is 0. The molecule has 0 heterocycles. The van der Waals surface area contributed by atoms with Crippen molar-refractivity contribution in [1.82, 2.24) is 5.32 Å². The third-order valence-corrected chi connectivity index (χ3v) is 3.59. The second-order valence-corrected chi connectivity index (χ2v) is 5.56. The molecule has 0 fully saturated rings. The second-order valence-electron chi connectivity index (χ2n) is 5.12. The maximum atomic E-state index is 10.0. The fourth-order valence-corrected chi connectivity index (χ4v) is 1.96. The van der Waals surface area contributed by atoms with Gasteiger partial charge in [-0.1, -0.05) is 44.0 Å². The first kappa shape index (κ1) is 15.5. The molecule has 0 aliphatic carbocycles. The van der Waals surface area contributed by atoms with Crippen LogP contribution < -0.4 is 5.32 Å². The Balaban J connectivity index is 2.68. The summed E-state index contributed by atoms with van der Waals surface area (Å²) in [5.41, 5.74) is 0.589. The summed E-state index contributed by atoms with van der Waals surface area (Å²) in [7, 11) is 0. The number of rotatable bonds is 7. The lowest BCUT2D eigenvalue weighted by Gasteiger charge is -2.26. The Morgan fingerprint density at radius 2 is 1.89 bits per heavy atom. The molecule has 0 spiro atoms. The average molecular weight is 270 g/mol. The molecule has 0 aromatic heterocycles. The Morgan fingerprint density at radius 3 is 2.39 bits per heavy atom. The monoisotopic (exact) mass is 269 g/mol. The fourth-order valence-electron chi connectivity index (χ4n) is 1.84.